The van der Waals surface area contributed by atoms with E-state index in [-0.39, 0.29) is 10.6 Å². The van der Waals surface area contributed by atoms with Crippen molar-refractivity contribution in [1.82, 2.24) is 10.2 Å². The van der Waals surface area contributed by atoms with Crippen LogP contribution in [0.15, 0.2) is 4.42 Å². The first-order chi connectivity index (χ1) is 7.00. The standard InChI is InChI=1S/C8H14ClN3O2S/c1-5(15(3)13)4-10-8-12-11-7(14-8)6(2)9/h5-6H,4H2,1-3H3,(H,10,12). The molecule has 1 aromatic rings. The van der Waals surface area contributed by atoms with Gasteiger partial charge >= 0.3 is 6.01 Å². The predicted molar refractivity (Wildman–Crippen MR) is 60.6 cm³/mol. The Labute approximate surface area is 96.1 Å². The molecule has 1 aromatic heterocycles. The largest absolute Gasteiger partial charge is 0.407 e. The van der Waals surface area contributed by atoms with Crippen molar-refractivity contribution in [2.75, 3.05) is 18.1 Å². The van der Waals surface area contributed by atoms with Crippen molar-refractivity contribution < 1.29 is 8.63 Å². The topological polar surface area (TPSA) is 68.0 Å². The molecule has 1 rings (SSSR count). The van der Waals surface area contributed by atoms with Crippen LogP contribution in [-0.4, -0.2) is 32.5 Å². The van der Waals surface area contributed by atoms with Crippen LogP contribution < -0.4 is 5.32 Å². The van der Waals surface area contributed by atoms with E-state index in [4.69, 9.17) is 16.0 Å². The lowest BCUT2D eigenvalue weighted by Crippen LogP contribution is -2.20. The third-order valence-electron chi connectivity index (χ3n) is 1.89. The Morgan fingerprint density at radius 1 is 1.53 bits per heavy atom. The van der Waals surface area contributed by atoms with Crippen LogP contribution in [0.5, 0.6) is 0 Å². The maximum Gasteiger partial charge on any atom is 0.315 e. The van der Waals surface area contributed by atoms with Crippen LogP contribution in [0.1, 0.15) is 25.1 Å². The molecule has 5 nitrogen and oxygen atoms in total. The van der Waals surface area contributed by atoms with Crippen molar-refractivity contribution in [1.29, 1.82) is 0 Å². The fraction of sp³-hybridized carbons (Fsp3) is 0.750. The number of hydrogen-bond donors (Lipinski definition) is 1. The third-order valence-corrected chi connectivity index (χ3v) is 3.37. The molecule has 0 aliphatic carbocycles. The number of halogens is 1. The first-order valence-electron chi connectivity index (χ1n) is 4.54. The van der Waals surface area contributed by atoms with Gasteiger partial charge in [-0.25, -0.2) is 0 Å². The zero-order valence-corrected chi connectivity index (χ0v) is 10.4. The molecule has 0 saturated heterocycles. The van der Waals surface area contributed by atoms with Crippen molar-refractivity contribution in [3.63, 3.8) is 0 Å². The van der Waals surface area contributed by atoms with Gasteiger partial charge in [0.2, 0.25) is 5.89 Å². The summed E-state index contributed by atoms with van der Waals surface area (Å²) in [5, 5.41) is 10.2. The summed E-state index contributed by atoms with van der Waals surface area (Å²) >= 11 is 5.76. The quantitative estimate of drug-likeness (QED) is 0.805. The summed E-state index contributed by atoms with van der Waals surface area (Å²) in [5.74, 6) is 0.379. The summed E-state index contributed by atoms with van der Waals surface area (Å²) in [7, 11) is -0.864. The molecular weight excluding hydrogens is 238 g/mol. The lowest BCUT2D eigenvalue weighted by Gasteiger charge is -2.06. The molecule has 0 aromatic carbocycles. The molecule has 0 aliphatic rings. The lowest BCUT2D eigenvalue weighted by molar-refractivity contribution is 0.506. The molecule has 0 bridgehead atoms. The summed E-state index contributed by atoms with van der Waals surface area (Å²) in [4.78, 5) is 0. The number of anilines is 1. The molecule has 0 radical (unpaired) electrons. The number of hydrogen-bond acceptors (Lipinski definition) is 5. The molecule has 1 N–H and O–H groups in total. The average Bonchev–Trinajstić information content (AvgIpc) is 2.62. The summed E-state index contributed by atoms with van der Waals surface area (Å²) in [5.41, 5.74) is 0. The summed E-state index contributed by atoms with van der Waals surface area (Å²) in [6.07, 6.45) is 1.66. The fourth-order valence-corrected chi connectivity index (χ4v) is 1.22. The minimum absolute atomic E-state index is 0.0359. The van der Waals surface area contributed by atoms with Crippen LogP contribution in [0.3, 0.4) is 0 Å². The van der Waals surface area contributed by atoms with Crippen molar-refractivity contribution >= 4 is 28.4 Å². The molecule has 0 fully saturated rings. The van der Waals surface area contributed by atoms with Gasteiger partial charge in [0.05, 0.1) is 0 Å². The fourth-order valence-electron chi connectivity index (χ4n) is 0.815. The van der Waals surface area contributed by atoms with E-state index in [1.165, 1.54) is 0 Å². The number of rotatable bonds is 5. The van der Waals surface area contributed by atoms with E-state index in [0.717, 1.165) is 0 Å². The summed E-state index contributed by atoms with van der Waals surface area (Å²) < 4.78 is 16.3. The zero-order valence-electron chi connectivity index (χ0n) is 8.86. The van der Waals surface area contributed by atoms with Gasteiger partial charge in [0.15, 0.2) is 0 Å². The molecule has 0 amide bonds. The van der Waals surface area contributed by atoms with Gasteiger partial charge in [0.25, 0.3) is 0 Å². The van der Waals surface area contributed by atoms with Gasteiger partial charge in [-0.1, -0.05) is 5.10 Å². The van der Waals surface area contributed by atoms with Gasteiger partial charge in [0.1, 0.15) is 5.38 Å². The molecule has 86 valence electrons. The lowest BCUT2D eigenvalue weighted by atomic mass is 10.5. The van der Waals surface area contributed by atoms with E-state index in [9.17, 15) is 4.21 Å². The Balaban J connectivity index is 2.47. The second kappa shape index (κ2) is 5.46. The molecule has 3 atom stereocenters. The Morgan fingerprint density at radius 2 is 2.20 bits per heavy atom. The first kappa shape index (κ1) is 12.4. The van der Waals surface area contributed by atoms with Gasteiger partial charge in [-0.05, 0) is 13.8 Å². The minimum Gasteiger partial charge on any atom is -0.407 e. The number of nitrogens with zero attached hydrogens (tertiary/aromatic N) is 2. The highest BCUT2D eigenvalue weighted by atomic mass is 35.5. The van der Waals surface area contributed by atoms with Crippen LogP contribution in [0.25, 0.3) is 0 Å². The van der Waals surface area contributed by atoms with Crippen LogP contribution >= 0.6 is 11.6 Å². The Hall–Kier alpha value is -0.620. The minimum atomic E-state index is -0.864. The van der Waals surface area contributed by atoms with Crippen molar-refractivity contribution in [3.8, 4) is 0 Å². The van der Waals surface area contributed by atoms with Gasteiger partial charge in [0, 0.05) is 28.9 Å². The van der Waals surface area contributed by atoms with Gasteiger partial charge < -0.3 is 9.73 Å². The molecular formula is C8H14ClN3O2S. The normalized spacial score (nSPS) is 17.1. The molecule has 3 unspecified atom stereocenters. The smallest absolute Gasteiger partial charge is 0.315 e. The number of alkyl halides is 1. The maximum atomic E-state index is 11.1. The molecule has 0 saturated carbocycles. The van der Waals surface area contributed by atoms with Gasteiger partial charge in [-0.2, -0.15) is 0 Å². The van der Waals surface area contributed by atoms with Crippen LogP contribution in [0.2, 0.25) is 0 Å². The Morgan fingerprint density at radius 3 is 2.67 bits per heavy atom. The molecule has 15 heavy (non-hydrogen) atoms. The molecule has 0 spiro atoms. The number of aromatic nitrogens is 2. The summed E-state index contributed by atoms with van der Waals surface area (Å²) in [6, 6.07) is 0.315. The predicted octanol–water partition coefficient (Wildman–Crippen LogP) is 1.55. The van der Waals surface area contributed by atoms with E-state index < -0.39 is 10.8 Å². The van der Waals surface area contributed by atoms with E-state index in [1.54, 1.807) is 13.2 Å². The highest BCUT2D eigenvalue weighted by Crippen LogP contribution is 2.19. The second-order valence-corrected chi connectivity index (χ2v) is 5.71. The first-order valence-corrected chi connectivity index (χ1v) is 6.60. The number of nitrogens with one attached hydrogen (secondary N) is 1. The second-order valence-electron chi connectivity index (χ2n) is 3.25. The molecule has 1 heterocycles. The van der Waals surface area contributed by atoms with Crippen molar-refractivity contribution in [3.05, 3.63) is 5.89 Å². The highest BCUT2D eigenvalue weighted by molar-refractivity contribution is 7.84. The zero-order chi connectivity index (χ0) is 11.4. The van der Waals surface area contributed by atoms with Crippen molar-refractivity contribution in [2.45, 2.75) is 24.5 Å². The van der Waals surface area contributed by atoms with E-state index in [2.05, 4.69) is 15.5 Å². The van der Waals surface area contributed by atoms with E-state index in [1.807, 2.05) is 6.92 Å². The maximum absolute atomic E-state index is 11.1. The van der Waals surface area contributed by atoms with Gasteiger partial charge in [-0.15, -0.1) is 16.7 Å². The SMILES string of the molecule is CC(Cl)c1nnc(NCC(C)S(C)=O)o1. The third kappa shape index (κ3) is 3.79. The van der Waals surface area contributed by atoms with E-state index >= 15 is 0 Å². The van der Waals surface area contributed by atoms with Crippen LogP contribution in [0, 0.1) is 0 Å². The Bertz CT molecular complexity index is 342. The van der Waals surface area contributed by atoms with Crippen LogP contribution in [0.4, 0.5) is 6.01 Å². The highest BCUT2D eigenvalue weighted by Gasteiger charge is 2.12. The van der Waals surface area contributed by atoms with Gasteiger partial charge in [-0.3, -0.25) is 4.21 Å². The molecule has 7 heteroatoms. The molecule has 0 aliphatic heterocycles. The monoisotopic (exact) mass is 251 g/mol. The van der Waals surface area contributed by atoms with Crippen LogP contribution in [-0.2, 0) is 10.8 Å². The summed E-state index contributed by atoms with van der Waals surface area (Å²) in [6.45, 7) is 4.16. The van der Waals surface area contributed by atoms with E-state index in [0.29, 0.717) is 18.5 Å². The average molecular weight is 252 g/mol. The van der Waals surface area contributed by atoms with Crippen molar-refractivity contribution in [2.24, 2.45) is 0 Å². The Kier molecular flexibility index (Phi) is 4.53.